The van der Waals surface area contributed by atoms with Gasteiger partial charge < -0.3 is 15.4 Å². The average Bonchev–Trinajstić information content (AvgIpc) is 2.87. The quantitative estimate of drug-likeness (QED) is 0.830. The number of nitrogens with zero attached hydrogens (tertiary/aromatic N) is 2. The van der Waals surface area contributed by atoms with Crippen LogP contribution in [0.3, 0.4) is 0 Å². The van der Waals surface area contributed by atoms with Crippen molar-refractivity contribution in [3.05, 3.63) is 36.2 Å². The fraction of sp³-hybridized carbons (Fsp3) is 0.385. The van der Waals surface area contributed by atoms with Crippen molar-refractivity contribution < 1.29 is 9.63 Å². The zero-order valence-corrected chi connectivity index (χ0v) is 10.3. The van der Waals surface area contributed by atoms with Crippen LogP contribution in [0.4, 0.5) is 0 Å². The Kier molecular flexibility index (Phi) is 4.07. The Morgan fingerprint density at radius 3 is 2.72 bits per heavy atom. The van der Waals surface area contributed by atoms with Gasteiger partial charge in [-0.25, -0.2) is 0 Å². The minimum atomic E-state index is -0.260. The van der Waals surface area contributed by atoms with E-state index >= 15 is 0 Å². The molecule has 0 aliphatic heterocycles. The molecule has 0 bridgehead atoms. The maximum absolute atomic E-state index is 8.98. The minimum absolute atomic E-state index is 0.0371. The highest BCUT2D eigenvalue weighted by Gasteiger charge is 2.16. The number of benzene rings is 1. The summed E-state index contributed by atoms with van der Waals surface area (Å²) in [6.45, 7) is 1.92. The first-order chi connectivity index (χ1) is 8.70. The molecule has 0 spiro atoms. The Bertz CT molecular complexity index is 484. The highest BCUT2D eigenvalue weighted by atomic mass is 16.5. The predicted octanol–water partition coefficient (Wildman–Crippen LogP) is 1.23. The Morgan fingerprint density at radius 2 is 2.06 bits per heavy atom. The highest BCUT2D eigenvalue weighted by Crippen LogP contribution is 2.17. The minimum Gasteiger partial charge on any atom is -0.395 e. The van der Waals surface area contributed by atoms with E-state index in [-0.39, 0.29) is 18.6 Å². The molecular formula is C13H17N3O2. The lowest BCUT2D eigenvalue weighted by atomic mass is 9.99. The summed E-state index contributed by atoms with van der Waals surface area (Å²) in [5, 5.41) is 12.9. The van der Waals surface area contributed by atoms with E-state index in [1.807, 2.05) is 37.3 Å². The lowest BCUT2D eigenvalue weighted by Crippen LogP contribution is -2.33. The molecule has 0 fully saturated rings. The van der Waals surface area contributed by atoms with E-state index in [1.54, 1.807) is 0 Å². The van der Waals surface area contributed by atoms with Gasteiger partial charge in [0.05, 0.1) is 6.61 Å². The normalized spacial score (nSPS) is 14.4. The second-order valence-electron chi connectivity index (χ2n) is 4.41. The number of aromatic nitrogens is 2. The van der Waals surface area contributed by atoms with Crippen LogP contribution in [-0.2, 0) is 6.42 Å². The van der Waals surface area contributed by atoms with Crippen LogP contribution in [0.15, 0.2) is 34.9 Å². The van der Waals surface area contributed by atoms with Gasteiger partial charge in [-0.1, -0.05) is 30.3 Å². The molecule has 96 valence electrons. The van der Waals surface area contributed by atoms with E-state index in [1.165, 1.54) is 0 Å². The smallest absolute Gasteiger partial charge is 0.257 e. The first kappa shape index (κ1) is 12.7. The third-order valence-electron chi connectivity index (χ3n) is 2.94. The summed E-state index contributed by atoms with van der Waals surface area (Å²) < 4.78 is 5.20. The molecule has 0 aliphatic rings. The number of hydrogen-bond acceptors (Lipinski definition) is 5. The van der Waals surface area contributed by atoms with Crippen LogP contribution in [0.1, 0.15) is 12.7 Å². The van der Waals surface area contributed by atoms with Gasteiger partial charge >= 0.3 is 0 Å². The monoisotopic (exact) mass is 247 g/mol. The van der Waals surface area contributed by atoms with Crippen molar-refractivity contribution in [2.75, 3.05) is 6.61 Å². The van der Waals surface area contributed by atoms with E-state index < -0.39 is 0 Å². The lowest BCUT2D eigenvalue weighted by molar-refractivity contribution is 0.230. The molecule has 1 aromatic carbocycles. The van der Waals surface area contributed by atoms with Gasteiger partial charge in [0.15, 0.2) is 5.82 Å². The van der Waals surface area contributed by atoms with Crippen molar-refractivity contribution in [1.29, 1.82) is 0 Å². The zero-order chi connectivity index (χ0) is 13.0. The summed E-state index contributed by atoms with van der Waals surface area (Å²) in [7, 11) is 0. The van der Waals surface area contributed by atoms with Gasteiger partial charge in [0.2, 0.25) is 0 Å². The van der Waals surface area contributed by atoms with Crippen LogP contribution in [-0.4, -0.2) is 27.9 Å². The molecule has 2 atom stereocenters. The fourth-order valence-electron chi connectivity index (χ4n) is 1.65. The standard InChI is InChI=1S/C13H17N3O2/c1-9(11(14)8-17)7-12-15-13(18-16-12)10-5-3-2-4-6-10/h2-6,9,11,17H,7-8,14H2,1H3. The molecule has 3 N–H and O–H groups in total. The van der Waals surface area contributed by atoms with Crippen LogP contribution >= 0.6 is 0 Å². The van der Waals surface area contributed by atoms with Gasteiger partial charge in [0.1, 0.15) is 0 Å². The summed E-state index contributed by atoms with van der Waals surface area (Å²) in [5.41, 5.74) is 6.64. The molecule has 0 saturated heterocycles. The fourth-order valence-corrected chi connectivity index (χ4v) is 1.65. The van der Waals surface area contributed by atoms with Crippen molar-refractivity contribution in [3.8, 4) is 11.5 Å². The van der Waals surface area contributed by atoms with Crippen LogP contribution in [0.5, 0.6) is 0 Å². The summed E-state index contributed by atoms with van der Waals surface area (Å²) in [6, 6.07) is 9.35. The second kappa shape index (κ2) is 5.75. The molecule has 1 heterocycles. The van der Waals surface area contributed by atoms with Crippen molar-refractivity contribution in [3.63, 3.8) is 0 Å². The number of aliphatic hydroxyl groups excluding tert-OH is 1. The Morgan fingerprint density at radius 1 is 1.33 bits per heavy atom. The second-order valence-corrected chi connectivity index (χ2v) is 4.41. The summed E-state index contributed by atoms with van der Waals surface area (Å²) in [4.78, 5) is 4.32. The topological polar surface area (TPSA) is 85.2 Å². The van der Waals surface area contributed by atoms with Crippen LogP contribution in [0.2, 0.25) is 0 Å². The molecule has 5 heteroatoms. The Labute approximate surface area is 106 Å². The van der Waals surface area contributed by atoms with Gasteiger partial charge in [-0.3, -0.25) is 0 Å². The molecule has 18 heavy (non-hydrogen) atoms. The lowest BCUT2D eigenvalue weighted by Gasteiger charge is -2.14. The molecule has 2 aromatic rings. The zero-order valence-electron chi connectivity index (χ0n) is 10.3. The van der Waals surface area contributed by atoms with E-state index in [0.717, 1.165) is 5.56 Å². The van der Waals surface area contributed by atoms with Gasteiger partial charge in [-0.05, 0) is 18.1 Å². The molecule has 0 amide bonds. The molecule has 2 unspecified atom stereocenters. The van der Waals surface area contributed by atoms with Crippen molar-refractivity contribution >= 4 is 0 Å². The van der Waals surface area contributed by atoms with Crippen LogP contribution in [0.25, 0.3) is 11.5 Å². The van der Waals surface area contributed by atoms with E-state index in [2.05, 4.69) is 10.1 Å². The van der Waals surface area contributed by atoms with Gasteiger partial charge in [0, 0.05) is 18.0 Å². The largest absolute Gasteiger partial charge is 0.395 e. The van der Waals surface area contributed by atoms with Crippen LogP contribution in [0, 0.1) is 5.92 Å². The van der Waals surface area contributed by atoms with Gasteiger partial charge in [-0.15, -0.1) is 0 Å². The molecule has 5 nitrogen and oxygen atoms in total. The average molecular weight is 247 g/mol. The van der Waals surface area contributed by atoms with E-state index in [9.17, 15) is 0 Å². The first-order valence-electron chi connectivity index (χ1n) is 5.95. The summed E-state index contributed by atoms with van der Waals surface area (Å²) >= 11 is 0. The molecule has 0 aliphatic carbocycles. The van der Waals surface area contributed by atoms with E-state index in [0.29, 0.717) is 18.1 Å². The van der Waals surface area contributed by atoms with Crippen LogP contribution < -0.4 is 5.73 Å². The number of hydrogen-bond donors (Lipinski definition) is 2. The number of nitrogens with two attached hydrogens (primary N) is 1. The maximum Gasteiger partial charge on any atom is 0.257 e. The van der Waals surface area contributed by atoms with Gasteiger partial charge in [0.25, 0.3) is 5.89 Å². The predicted molar refractivity (Wildman–Crippen MR) is 67.7 cm³/mol. The van der Waals surface area contributed by atoms with Crippen molar-refractivity contribution in [1.82, 2.24) is 10.1 Å². The van der Waals surface area contributed by atoms with Gasteiger partial charge in [-0.2, -0.15) is 4.98 Å². The number of aliphatic hydroxyl groups is 1. The summed E-state index contributed by atoms with van der Waals surface area (Å²) in [5.74, 6) is 1.23. The molecular weight excluding hydrogens is 230 g/mol. The van der Waals surface area contributed by atoms with Crippen molar-refractivity contribution in [2.24, 2.45) is 11.7 Å². The molecule has 2 rings (SSSR count). The maximum atomic E-state index is 8.98. The third kappa shape index (κ3) is 2.94. The summed E-state index contributed by atoms with van der Waals surface area (Å²) in [6.07, 6.45) is 0.595. The van der Waals surface area contributed by atoms with Crippen molar-refractivity contribution in [2.45, 2.75) is 19.4 Å². The molecule has 0 radical (unpaired) electrons. The molecule has 0 saturated carbocycles. The third-order valence-corrected chi connectivity index (χ3v) is 2.94. The Hall–Kier alpha value is -1.72. The first-order valence-corrected chi connectivity index (χ1v) is 5.95. The highest BCUT2D eigenvalue weighted by molar-refractivity contribution is 5.51. The SMILES string of the molecule is CC(Cc1noc(-c2ccccc2)n1)C(N)CO. The van der Waals surface area contributed by atoms with E-state index in [4.69, 9.17) is 15.4 Å². The molecule has 1 aromatic heterocycles. The Balaban J connectivity index is 2.07. The number of rotatable bonds is 5.